The van der Waals surface area contributed by atoms with Gasteiger partial charge in [0.2, 0.25) is 0 Å². The highest BCUT2D eigenvalue weighted by Gasteiger charge is 2.37. The van der Waals surface area contributed by atoms with Gasteiger partial charge < -0.3 is 10.5 Å². The predicted molar refractivity (Wildman–Crippen MR) is 52.4 cm³/mol. The molecular weight excluding hydrogens is 181 g/mol. The van der Waals surface area contributed by atoms with E-state index in [4.69, 9.17) is 10.5 Å². The maximum absolute atomic E-state index is 13.3. The van der Waals surface area contributed by atoms with Gasteiger partial charge in [0, 0.05) is 12.0 Å². The summed E-state index contributed by atoms with van der Waals surface area (Å²) in [6.45, 7) is 1.86. The molecule has 0 aromatic heterocycles. The fourth-order valence-electron chi connectivity index (χ4n) is 1.73. The van der Waals surface area contributed by atoms with E-state index in [0.29, 0.717) is 26.2 Å². The maximum atomic E-state index is 13.3. The third kappa shape index (κ3) is 1.65. The molecule has 0 atom stereocenters. The van der Waals surface area contributed by atoms with Gasteiger partial charge in [0.1, 0.15) is 5.82 Å². The number of hydrogen-bond acceptors (Lipinski definition) is 2. The Balaban J connectivity index is 2.13. The molecule has 2 N–H and O–H groups in total. The fraction of sp³-hybridized carbons (Fsp3) is 0.455. The second-order valence-corrected chi connectivity index (χ2v) is 3.97. The number of nitrogens with two attached hydrogens (primary N) is 1. The predicted octanol–water partition coefficient (Wildman–Crippen LogP) is 1.34. The molecule has 2 nitrogen and oxygen atoms in total. The standard InChI is InChI=1S/C11H14FNO/c12-10-4-2-1-3-9(10)5-11(6-13)7-14-8-11/h1-4H,5-8,13H2. The summed E-state index contributed by atoms with van der Waals surface area (Å²) < 4.78 is 18.5. The van der Waals surface area contributed by atoms with Crippen LogP contribution in [0.25, 0.3) is 0 Å². The Morgan fingerprint density at radius 3 is 2.57 bits per heavy atom. The lowest BCUT2D eigenvalue weighted by molar-refractivity contribution is -0.106. The van der Waals surface area contributed by atoms with Gasteiger partial charge in [-0.2, -0.15) is 0 Å². The van der Waals surface area contributed by atoms with E-state index in [1.165, 1.54) is 6.07 Å². The van der Waals surface area contributed by atoms with Crippen LogP contribution in [0, 0.1) is 11.2 Å². The molecule has 0 bridgehead atoms. The quantitative estimate of drug-likeness (QED) is 0.790. The first-order valence-corrected chi connectivity index (χ1v) is 4.77. The average molecular weight is 195 g/mol. The monoisotopic (exact) mass is 195 g/mol. The summed E-state index contributed by atoms with van der Waals surface area (Å²) in [5.41, 5.74) is 6.38. The molecule has 1 aliphatic heterocycles. The molecule has 76 valence electrons. The lowest BCUT2D eigenvalue weighted by atomic mass is 9.80. The van der Waals surface area contributed by atoms with Crippen LogP contribution in [0.2, 0.25) is 0 Å². The van der Waals surface area contributed by atoms with Crippen LogP contribution in [0.15, 0.2) is 24.3 Å². The van der Waals surface area contributed by atoms with E-state index < -0.39 is 0 Å². The van der Waals surface area contributed by atoms with Crippen molar-refractivity contribution in [2.24, 2.45) is 11.1 Å². The van der Waals surface area contributed by atoms with Crippen molar-refractivity contribution in [3.63, 3.8) is 0 Å². The molecular formula is C11H14FNO. The Labute approximate surface area is 82.9 Å². The van der Waals surface area contributed by atoms with Gasteiger partial charge in [-0.25, -0.2) is 4.39 Å². The number of hydrogen-bond donors (Lipinski definition) is 1. The van der Waals surface area contributed by atoms with E-state index in [-0.39, 0.29) is 11.2 Å². The van der Waals surface area contributed by atoms with E-state index in [1.807, 2.05) is 12.1 Å². The average Bonchev–Trinajstić information content (AvgIpc) is 2.14. The van der Waals surface area contributed by atoms with Gasteiger partial charge in [-0.05, 0) is 18.1 Å². The lowest BCUT2D eigenvalue weighted by Gasteiger charge is -2.40. The molecule has 0 saturated carbocycles. The van der Waals surface area contributed by atoms with Crippen molar-refractivity contribution in [3.05, 3.63) is 35.6 Å². The highest BCUT2D eigenvalue weighted by molar-refractivity contribution is 5.19. The van der Waals surface area contributed by atoms with E-state index in [0.717, 1.165) is 5.56 Å². The first-order chi connectivity index (χ1) is 6.76. The van der Waals surface area contributed by atoms with Gasteiger partial charge in [0.15, 0.2) is 0 Å². The first-order valence-electron chi connectivity index (χ1n) is 4.77. The zero-order chi connectivity index (χ0) is 10.0. The Bertz CT molecular complexity index is 317. The van der Waals surface area contributed by atoms with Crippen LogP contribution in [0.4, 0.5) is 4.39 Å². The van der Waals surface area contributed by atoms with Crippen LogP contribution in [-0.2, 0) is 11.2 Å². The maximum Gasteiger partial charge on any atom is 0.126 e. The normalized spacial score (nSPS) is 19.0. The van der Waals surface area contributed by atoms with Crippen LogP contribution in [0.3, 0.4) is 0 Å². The number of halogens is 1. The minimum atomic E-state index is -0.146. The molecule has 1 heterocycles. The molecule has 1 saturated heterocycles. The number of rotatable bonds is 3. The van der Waals surface area contributed by atoms with Gasteiger partial charge in [0.25, 0.3) is 0 Å². The summed E-state index contributed by atoms with van der Waals surface area (Å²) in [4.78, 5) is 0. The fourth-order valence-corrected chi connectivity index (χ4v) is 1.73. The molecule has 1 fully saturated rings. The molecule has 0 unspecified atom stereocenters. The van der Waals surface area contributed by atoms with Gasteiger partial charge in [-0.1, -0.05) is 18.2 Å². The molecule has 0 aliphatic carbocycles. The lowest BCUT2D eigenvalue weighted by Crippen LogP contribution is -2.49. The number of benzene rings is 1. The molecule has 0 amide bonds. The summed E-state index contributed by atoms with van der Waals surface area (Å²) in [6.07, 6.45) is 0.677. The van der Waals surface area contributed by atoms with Crippen LogP contribution >= 0.6 is 0 Å². The summed E-state index contributed by atoms with van der Waals surface area (Å²) in [5.74, 6) is -0.146. The van der Waals surface area contributed by atoms with E-state index in [2.05, 4.69) is 0 Å². The van der Waals surface area contributed by atoms with Gasteiger partial charge >= 0.3 is 0 Å². The first kappa shape index (κ1) is 9.62. The highest BCUT2D eigenvalue weighted by atomic mass is 19.1. The van der Waals surface area contributed by atoms with Crippen molar-refractivity contribution in [1.29, 1.82) is 0 Å². The van der Waals surface area contributed by atoms with Crippen LogP contribution in [0.1, 0.15) is 5.56 Å². The van der Waals surface area contributed by atoms with Crippen molar-refractivity contribution in [1.82, 2.24) is 0 Å². The molecule has 3 heteroatoms. The van der Waals surface area contributed by atoms with Crippen molar-refractivity contribution in [2.75, 3.05) is 19.8 Å². The Morgan fingerprint density at radius 1 is 1.36 bits per heavy atom. The molecule has 1 aliphatic rings. The third-order valence-electron chi connectivity index (χ3n) is 2.77. The second-order valence-electron chi connectivity index (χ2n) is 3.97. The minimum absolute atomic E-state index is 0.0256. The van der Waals surface area contributed by atoms with Crippen LogP contribution in [0.5, 0.6) is 0 Å². The summed E-state index contributed by atoms with van der Waals surface area (Å²) in [6, 6.07) is 6.84. The number of ether oxygens (including phenoxy) is 1. The zero-order valence-electron chi connectivity index (χ0n) is 8.00. The summed E-state index contributed by atoms with van der Waals surface area (Å²) in [5, 5.41) is 0. The Kier molecular flexibility index (Phi) is 2.52. The minimum Gasteiger partial charge on any atom is -0.380 e. The highest BCUT2D eigenvalue weighted by Crippen LogP contribution is 2.31. The topological polar surface area (TPSA) is 35.2 Å². The van der Waals surface area contributed by atoms with Crippen molar-refractivity contribution >= 4 is 0 Å². The Hall–Kier alpha value is -0.930. The zero-order valence-corrected chi connectivity index (χ0v) is 8.00. The van der Waals surface area contributed by atoms with E-state index in [9.17, 15) is 4.39 Å². The van der Waals surface area contributed by atoms with Crippen LogP contribution in [-0.4, -0.2) is 19.8 Å². The second kappa shape index (κ2) is 3.67. The van der Waals surface area contributed by atoms with Crippen molar-refractivity contribution in [3.8, 4) is 0 Å². The van der Waals surface area contributed by atoms with E-state index >= 15 is 0 Å². The SMILES string of the molecule is NCC1(Cc2ccccc2F)COC1. The Morgan fingerprint density at radius 2 is 2.07 bits per heavy atom. The van der Waals surface area contributed by atoms with Gasteiger partial charge in [0.05, 0.1) is 13.2 Å². The molecule has 2 rings (SSSR count). The largest absolute Gasteiger partial charge is 0.380 e. The van der Waals surface area contributed by atoms with Gasteiger partial charge in [-0.3, -0.25) is 0 Å². The van der Waals surface area contributed by atoms with E-state index in [1.54, 1.807) is 6.07 Å². The smallest absolute Gasteiger partial charge is 0.126 e. The molecule has 0 radical (unpaired) electrons. The molecule has 1 aromatic rings. The summed E-state index contributed by atoms with van der Waals surface area (Å²) >= 11 is 0. The van der Waals surface area contributed by atoms with Crippen LogP contribution < -0.4 is 5.73 Å². The summed E-state index contributed by atoms with van der Waals surface area (Å²) in [7, 11) is 0. The van der Waals surface area contributed by atoms with Gasteiger partial charge in [-0.15, -0.1) is 0 Å². The molecule has 0 spiro atoms. The molecule has 14 heavy (non-hydrogen) atoms. The molecule has 1 aromatic carbocycles. The van der Waals surface area contributed by atoms with Crippen molar-refractivity contribution < 1.29 is 9.13 Å². The third-order valence-corrected chi connectivity index (χ3v) is 2.77. The van der Waals surface area contributed by atoms with Crippen molar-refractivity contribution in [2.45, 2.75) is 6.42 Å².